The molecule has 4 nitrogen and oxygen atoms in total. The van der Waals surface area contributed by atoms with Gasteiger partial charge in [-0.15, -0.1) is 0 Å². The summed E-state index contributed by atoms with van der Waals surface area (Å²) in [5, 5.41) is 3.18. The lowest BCUT2D eigenvalue weighted by Gasteiger charge is -2.13. The Morgan fingerprint density at radius 2 is 2.31 bits per heavy atom. The van der Waals surface area contributed by atoms with E-state index in [1.54, 1.807) is 25.1 Å². The molecule has 1 aromatic rings. The number of rotatable bonds is 4. The summed E-state index contributed by atoms with van der Waals surface area (Å²) in [4.78, 5) is 11.6. The first-order valence-corrected chi connectivity index (χ1v) is 5.40. The molecule has 1 aromatic carbocycles. The van der Waals surface area contributed by atoms with Crippen molar-refractivity contribution in [1.29, 1.82) is 0 Å². The number of hydrogen-bond donors (Lipinski definition) is 2. The van der Waals surface area contributed by atoms with Crippen molar-refractivity contribution in [3.63, 3.8) is 0 Å². The normalized spacial score (nSPS) is 12.2. The monoisotopic (exact) mass is 242 g/mol. The quantitative estimate of drug-likeness (QED) is 0.797. The molecule has 1 amide bonds. The molecule has 0 heterocycles. The fourth-order valence-corrected chi connectivity index (χ4v) is 1.37. The highest BCUT2D eigenvalue weighted by atomic mass is 35.5. The molecule has 0 aliphatic rings. The minimum atomic E-state index is -0.511. The van der Waals surface area contributed by atoms with Crippen LogP contribution in [-0.2, 0) is 9.53 Å². The van der Waals surface area contributed by atoms with Crippen LogP contribution in [0.3, 0.4) is 0 Å². The van der Waals surface area contributed by atoms with Crippen LogP contribution in [0.15, 0.2) is 18.2 Å². The number of carbonyl (C=O) groups excluding carboxylic acids is 1. The molecule has 0 aromatic heterocycles. The van der Waals surface area contributed by atoms with Crippen LogP contribution in [0.2, 0.25) is 5.02 Å². The van der Waals surface area contributed by atoms with Gasteiger partial charge in [0.25, 0.3) is 5.91 Å². The van der Waals surface area contributed by atoms with Crippen LogP contribution in [0.4, 0.5) is 11.4 Å². The fourth-order valence-electron chi connectivity index (χ4n) is 1.20. The molecular weight excluding hydrogens is 228 g/mol. The second-order valence-electron chi connectivity index (χ2n) is 3.32. The van der Waals surface area contributed by atoms with E-state index in [9.17, 15) is 4.79 Å². The highest BCUT2D eigenvalue weighted by Gasteiger charge is 2.13. The summed E-state index contributed by atoms with van der Waals surface area (Å²) < 4.78 is 5.16. The van der Waals surface area contributed by atoms with Gasteiger partial charge in [0.05, 0.1) is 11.4 Å². The predicted molar refractivity (Wildman–Crippen MR) is 65.6 cm³/mol. The van der Waals surface area contributed by atoms with Crippen LogP contribution < -0.4 is 11.1 Å². The molecule has 0 aliphatic heterocycles. The minimum absolute atomic E-state index is 0.240. The lowest BCUT2D eigenvalue weighted by Crippen LogP contribution is -2.28. The fraction of sp³-hybridized carbons (Fsp3) is 0.364. The highest BCUT2D eigenvalue weighted by molar-refractivity contribution is 6.31. The third kappa shape index (κ3) is 3.40. The maximum atomic E-state index is 11.6. The second-order valence-corrected chi connectivity index (χ2v) is 3.75. The topological polar surface area (TPSA) is 64.3 Å². The smallest absolute Gasteiger partial charge is 0.253 e. The van der Waals surface area contributed by atoms with E-state index in [0.717, 1.165) is 0 Å². The third-order valence-corrected chi connectivity index (χ3v) is 2.29. The summed E-state index contributed by atoms with van der Waals surface area (Å²) in [6, 6.07) is 4.91. The largest absolute Gasteiger partial charge is 0.397 e. The minimum Gasteiger partial charge on any atom is -0.397 e. The number of benzene rings is 1. The zero-order valence-electron chi connectivity index (χ0n) is 9.29. The maximum absolute atomic E-state index is 11.6. The molecule has 0 fully saturated rings. The van der Waals surface area contributed by atoms with Gasteiger partial charge in [0.2, 0.25) is 0 Å². The van der Waals surface area contributed by atoms with Crippen LogP contribution in [-0.4, -0.2) is 18.6 Å². The molecule has 0 saturated carbocycles. The van der Waals surface area contributed by atoms with Crippen molar-refractivity contribution >= 4 is 28.9 Å². The predicted octanol–water partition coefficient (Wildman–Crippen LogP) is 2.29. The van der Waals surface area contributed by atoms with Crippen molar-refractivity contribution in [2.45, 2.75) is 20.0 Å². The van der Waals surface area contributed by atoms with Gasteiger partial charge in [0.1, 0.15) is 6.10 Å². The first-order valence-electron chi connectivity index (χ1n) is 5.02. The number of ether oxygens (including phenoxy) is 1. The van der Waals surface area contributed by atoms with E-state index in [-0.39, 0.29) is 5.91 Å². The van der Waals surface area contributed by atoms with Gasteiger partial charge in [0.15, 0.2) is 0 Å². The summed E-state index contributed by atoms with van der Waals surface area (Å²) in [6.45, 7) is 4.00. The zero-order chi connectivity index (χ0) is 12.1. The van der Waals surface area contributed by atoms with E-state index in [2.05, 4.69) is 5.32 Å². The van der Waals surface area contributed by atoms with E-state index in [1.807, 2.05) is 6.92 Å². The molecule has 1 atom stereocenters. The number of nitrogens with two attached hydrogens (primary N) is 1. The van der Waals surface area contributed by atoms with Crippen LogP contribution >= 0.6 is 11.6 Å². The Morgan fingerprint density at radius 1 is 1.62 bits per heavy atom. The number of nitrogen functional groups attached to an aromatic ring is 1. The van der Waals surface area contributed by atoms with Gasteiger partial charge < -0.3 is 15.8 Å². The van der Waals surface area contributed by atoms with Crippen LogP contribution in [0.1, 0.15) is 13.8 Å². The zero-order valence-corrected chi connectivity index (χ0v) is 10.0. The van der Waals surface area contributed by atoms with Crippen LogP contribution in [0.25, 0.3) is 0 Å². The van der Waals surface area contributed by atoms with Crippen molar-refractivity contribution in [2.75, 3.05) is 17.7 Å². The van der Waals surface area contributed by atoms with E-state index in [0.29, 0.717) is 23.0 Å². The lowest BCUT2D eigenvalue weighted by atomic mass is 10.2. The Bertz CT molecular complexity index is 382. The molecular formula is C11H15ClN2O2. The number of anilines is 2. The molecule has 88 valence electrons. The van der Waals surface area contributed by atoms with E-state index < -0.39 is 6.10 Å². The molecule has 5 heteroatoms. The summed E-state index contributed by atoms with van der Waals surface area (Å²) in [5.74, 6) is -0.240. The molecule has 0 aliphatic carbocycles. The molecule has 0 saturated heterocycles. The summed E-state index contributed by atoms with van der Waals surface area (Å²) in [5.41, 5.74) is 6.67. The first kappa shape index (κ1) is 12.8. The van der Waals surface area contributed by atoms with Crippen molar-refractivity contribution < 1.29 is 9.53 Å². The summed E-state index contributed by atoms with van der Waals surface area (Å²) in [7, 11) is 0. The number of nitrogens with one attached hydrogen (secondary N) is 1. The average Bonchev–Trinajstić information content (AvgIpc) is 2.23. The number of amides is 1. The van der Waals surface area contributed by atoms with Gasteiger partial charge in [0, 0.05) is 11.6 Å². The number of hydrogen-bond acceptors (Lipinski definition) is 3. The summed E-state index contributed by atoms with van der Waals surface area (Å²) in [6.07, 6.45) is -0.511. The van der Waals surface area contributed by atoms with Crippen LogP contribution in [0, 0.1) is 0 Å². The SMILES string of the molecule is CCOC(C)C(=O)Nc1cc(Cl)ccc1N. The summed E-state index contributed by atoms with van der Waals surface area (Å²) >= 11 is 5.80. The standard InChI is InChI=1S/C11H15ClN2O2/c1-3-16-7(2)11(15)14-10-6-8(12)4-5-9(10)13/h4-7H,3,13H2,1-2H3,(H,14,15). The first-order chi connectivity index (χ1) is 7.54. The van der Waals surface area contributed by atoms with Crippen LogP contribution in [0.5, 0.6) is 0 Å². The lowest BCUT2D eigenvalue weighted by molar-refractivity contribution is -0.126. The molecule has 1 rings (SSSR count). The van der Waals surface area contributed by atoms with Crippen molar-refractivity contribution in [2.24, 2.45) is 0 Å². The second kappa shape index (κ2) is 5.72. The van der Waals surface area contributed by atoms with Gasteiger partial charge >= 0.3 is 0 Å². The Morgan fingerprint density at radius 3 is 2.94 bits per heavy atom. The Hall–Kier alpha value is -1.26. The van der Waals surface area contributed by atoms with Crippen molar-refractivity contribution in [3.05, 3.63) is 23.2 Å². The van der Waals surface area contributed by atoms with Gasteiger partial charge in [-0.1, -0.05) is 11.6 Å². The third-order valence-electron chi connectivity index (χ3n) is 2.06. The Balaban J connectivity index is 2.72. The van der Waals surface area contributed by atoms with Gasteiger partial charge in [-0.05, 0) is 32.0 Å². The Labute approximate surface area is 99.7 Å². The van der Waals surface area contributed by atoms with Gasteiger partial charge in [-0.25, -0.2) is 0 Å². The average molecular weight is 243 g/mol. The molecule has 0 spiro atoms. The van der Waals surface area contributed by atoms with Crippen molar-refractivity contribution in [3.8, 4) is 0 Å². The molecule has 0 radical (unpaired) electrons. The molecule has 16 heavy (non-hydrogen) atoms. The van der Waals surface area contributed by atoms with Gasteiger partial charge in [-0.3, -0.25) is 4.79 Å². The molecule has 0 bridgehead atoms. The molecule has 3 N–H and O–H groups in total. The number of carbonyl (C=O) groups is 1. The van der Waals surface area contributed by atoms with Gasteiger partial charge in [-0.2, -0.15) is 0 Å². The van der Waals surface area contributed by atoms with E-state index in [1.165, 1.54) is 0 Å². The van der Waals surface area contributed by atoms with E-state index >= 15 is 0 Å². The number of halogens is 1. The highest BCUT2D eigenvalue weighted by Crippen LogP contribution is 2.23. The molecule has 1 unspecified atom stereocenters. The van der Waals surface area contributed by atoms with E-state index in [4.69, 9.17) is 22.1 Å². The van der Waals surface area contributed by atoms with Crippen molar-refractivity contribution in [1.82, 2.24) is 0 Å². The Kier molecular flexibility index (Phi) is 4.58. The maximum Gasteiger partial charge on any atom is 0.253 e.